The van der Waals surface area contributed by atoms with E-state index in [-0.39, 0.29) is 6.04 Å². The van der Waals surface area contributed by atoms with E-state index in [1.165, 1.54) is 5.56 Å². The van der Waals surface area contributed by atoms with Crippen molar-refractivity contribution < 1.29 is 4.42 Å². The summed E-state index contributed by atoms with van der Waals surface area (Å²) in [6.07, 6.45) is 0.781. The Hall–Kier alpha value is -0.620. The summed E-state index contributed by atoms with van der Waals surface area (Å²) in [7, 11) is 0. The predicted molar refractivity (Wildman–Crippen MR) is 74.3 cm³/mol. The molecule has 1 aromatic heterocycles. The van der Waals surface area contributed by atoms with Crippen LogP contribution in [-0.4, -0.2) is 0 Å². The van der Waals surface area contributed by atoms with E-state index in [9.17, 15) is 0 Å². The quantitative estimate of drug-likeness (QED) is 0.648. The van der Waals surface area contributed by atoms with E-state index >= 15 is 0 Å². The Kier molecular flexibility index (Phi) is 4.39. The average Bonchev–Trinajstić information content (AvgIpc) is 2.75. The predicted octanol–water partition coefficient (Wildman–Crippen LogP) is 3.55. The van der Waals surface area contributed by atoms with E-state index in [1.807, 2.05) is 24.3 Å². The first-order chi connectivity index (χ1) is 8.19. The topological polar surface area (TPSA) is 51.2 Å². The maximum atomic E-state index is 5.56. The lowest BCUT2D eigenvalue weighted by Crippen LogP contribution is -2.29. The van der Waals surface area contributed by atoms with Gasteiger partial charge in [-0.1, -0.05) is 28.1 Å². The van der Waals surface area contributed by atoms with Crippen molar-refractivity contribution >= 4 is 31.9 Å². The van der Waals surface area contributed by atoms with Crippen LogP contribution in [0, 0.1) is 0 Å². The Bertz CT molecular complexity index is 482. The normalized spacial score (nSPS) is 12.6. The first-order valence-corrected chi connectivity index (χ1v) is 6.73. The number of nitrogens with two attached hydrogens (primary N) is 1. The van der Waals surface area contributed by atoms with Gasteiger partial charge in [0.25, 0.3) is 0 Å². The van der Waals surface area contributed by atoms with Gasteiger partial charge in [-0.25, -0.2) is 5.43 Å². The molecule has 1 atom stereocenters. The minimum absolute atomic E-state index is 0.0255. The number of nitrogens with one attached hydrogen (secondary N) is 1. The van der Waals surface area contributed by atoms with E-state index < -0.39 is 0 Å². The molecule has 1 heterocycles. The molecular formula is C12H12Br2N2O. The van der Waals surface area contributed by atoms with Crippen LogP contribution in [0.4, 0.5) is 0 Å². The van der Waals surface area contributed by atoms with E-state index in [4.69, 9.17) is 10.3 Å². The molecule has 1 aromatic carbocycles. The lowest BCUT2D eigenvalue weighted by atomic mass is 10.0. The molecule has 3 N–H and O–H groups in total. The number of benzene rings is 1. The maximum absolute atomic E-state index is 5.56. The molecule has 0 spiro atoms. The second-order valence-corrected chi connectivity index (χ2v) is 5.39. The van der Waals surface area contributed by atoms with Gasteiger partial charge in [-0.15, -0.1) is 0 Å². The van der Waals surface area contributed by atoms with Gasteiger partial charge in [0.1, 0.15) is 5.76 Å². The van der Waals surface area contributed by atoms with Crippen molar-refractivity contribution in [2.75, 3.05) is 0 Å². The molecule has 2 rings (SSSR count). The van der Waals surface area contributed by atoms with E-state index in [0.29, 0.717) is 4.67 Å². The second-order valence-electron chi connectivity index (χ2n) is 3.69. The molecule has 2 aromatic rings. The van der Waals surface area contributed by atoms with E-state index in [2.05, 4.69) is 49.4 Å². The van der Waals surface area contributed by atoms with Gasteiger partial charge in [0.2, 0.25) is 0 Å². The Morgan fingerprint density at radius 2 is 1.82 bits per heavy atom. The molecule has 0 aliphatic heterocycles. The van der Waals surface area contributed by atoms with Gasteiger partial charge in [-0.3, -0.25) is 5.84 Å². The molecule has 0 aliphatic carbocycles. The van der Waals surface area contributed by atoms with E-state index in [1.54, 1.807) is 0 Å². The number of hydrazine groups is 1. The summed E-state index contributed by atoms with van der Waals surface area (Å²) >= 11 is 6.70. The molecular weight excluding hydrogens is 348 g/mol. The van der Waals surface area contributed by atoms with Gasteiger partial charge < -0.3 is 4.42 Å². The molecule has 0 radical (unpaired) electrons. The van der Waals surface area contributed by atoms with Crippen molar-refractivity contribution in [2.45, 2.75) is 12.5 Å². The number of halogens is 2. The van der Waals surface area contributed by atoms with Gasteiger partial charge in [0, 0.05) is 4.47 Å². The lowest BCUT2D eigenvalue weighted by molar-refractivity contribution is 0.404. The van der Waals surface area contributed by atoms with Crippen molar-refractivity contribution in [3.63, 3.8) is 0 Å². The molecule has 1 unspecified atom stereocenters. The number of furan rings is 1. The second kappa shape index (κ2) is 5.82. The van der Waals surface area contributed by atoms with Gasteiger partial charge >= 0.3 is 0 Å². The van der Waals surface area contributed by atoms with Crippen molar-refractivity contribution in [3.05, 3.63) is 56.9 Å². The van der Waals surface area contributed by atoms with Crippen molar-refractivity contribution in [2.24, 2.45) is 5.84 Å². The van der Waals surface area contributed by atoms with Crippen molar-refractivity contribution in [1.82, 2.24) is 5.43 Å². The van der Waals surface area contributed by atoms with Gasteiger partial charge in [0.05, 0.1) is 6.04 Å². The number of hydrogen-bond acceptors (Lipinski definition) is 3. The zero-order valence-corrected chi connectivity index (χ0v) is 12.2. The Morgan fingerprint density at radius 3 is 2.35 bits per heavy atom. The minimum atomic E-state index is -0.0255. The summed E-state index contributed by atoms with van der Waals surface area (Å²) in [6.45, 7) is 0. The summed E-state index contributed by atoms with van der Waals surface area (Å²) in [4.78, 5) is 0. The summed E-state index contributed by atoms with van der Waals surface area (Å²) in [5, 5.41) is 0. The fourth-order valence-electron chi connectivity index (χ4n) is 1.61. The van der Waals surface area contributed by atoms with Crippen LogP contribution in [0.15, 0.2) is 50.0 Å². The smallest absolute Gasteiger partial charge is 0.169 e. The first-order valence-electron chi connectivity index (χ1n) is 5.15. The van der Waals surface area contributed by atoms with E-state index in [0.717, 1.165) is 16.7 Å². The highest BCUT2D eigenvalue weighted by atomic mass is 79.9. The van der Waals surface area contributed by atoms with Crippen LogP contribution in [0.1, 0.15) is 17.4 Å². The summed E-state index contributed by atoms with van der Waals surface area (Å²) in [6, 6.07) is 11.9. The lowest BCUT2D eigenvalue weighted by Gasteiger charge is -2.13. The first kappa shape index (κ1) is 12.8. The Morgan fingerprint density at radius 1 is 1.12 bits per heavy atom. The van der Waals surface area contributed by atoms with Crippen LogP contribution in [0.3, 0.4) is 0 Å². The summed E-state index contributed by atoms with van der Waals surface area (Å²) in [5.41, 5.74) is 3.97. The number of rotatable bonds is 4. The average molecular weight is 360 g/mol. The molecule has 17 heavy (non-hydrogen) atoms. The molecule has 0 bridgehead atoms. The van der Waals surface area contributed by atoms with Gasteiger partial charge in [-0.05, 0) is 52.2 Å². The largest absolute Gasteiger partial charge is 0.453 e. The van der Waals surface area contributed by atoms with Crippen molar-refractivity contribution in [1.29, 1.82) is 0 Å². The summed E-state index contributed by atoms with van der Waals surface area (Å²) in [5.74, 6) is 6.38. The molecule has 0 saturated carbocycles. The highest BCUT2D eigenvalue weighted by Gasteiger charge is 2.14. The standard InChI is InChI=1S/C12H12Br2N2O/c13-9-3-1-8(2-4-9)7-10(16-15)11-5-6-12(14)17-11/h1-6,10,16H,7,15H2. The Labute approximate surface area is 117 Å². The zero-order chi connectivity index (χ0) is 12.3. The molecule has 0 amide bonds. The van der Waals surface area contributed by atoms with Crippen molar-refractivity contribution in [3.8, 4) is 0 Å². The maximum Gasteiger partial charge on any atom is 0.169 e. The molecule has 5 heteroatoms. The Balaban J connectivity index is 2.12. The van der Waals surface area contributed by atoms with Crippen LogP contribution in [0.5, 0.6) is 0 Å². The monoisotopic (exact) mass is 358 g/mol. The third-order valence-corrected chi connectivity index (χ3v) is 3.45. The van der Waals surface area contributed by atoms with Crippen LogP contribution in [-0.2, 0) is 6.42 Å². The van der Waals surface area contributed by atoms with Crippen LogP contribution >= 0.6 is 31.9 Å². The fourth-order valence-corrected chi connectivity index (χ4v) is 2.20. The highest BCUT2D eigenvalue weighted by molar-refractivity contribution is 9.10. The number of hydrogen-bond donors (Lipinski definition) is 2. The van der Waals surface area contributed by atoms with Gasteiger partial charge in [0.15, 0.2) is 4.67 Å². The highest BCUT2D eigenvalue weighted by Crippen LogP contribution is 2.23. The minimum Gasteiger partial charge on any atom is -0.453 e. The van der Waals surface area contributed by atoms with Gasteiger partial charge in [-0.2, -0.15) is 0 Å². The fraction of sp³-hybridized carbons (Fsp3) is 0.167. The van der Waals surface area contributed by atoms with Crippen LogP contribution in [0.2, 0.25) is 0 Å². The third-order valence-electron chi connectivity index (χ3n) is 2.49. The zero-order valence-electron chi connectivity index (χ0n) is 8.99. The molecule has 3 nitrogen and oxygen atoms in total. The van der Waals surface area contributed by atoms with Crippen LogP contribution < -0.4 is 11.3 Å². The van der Waals surface area contributed by atoms with Crippen LogP contribution in [0.25, 0.3) is 0 Å². The SMILES string of the molecule is NNC(Cc1ccc(Br)cc1)c1ccc(Br)o1. The molecule has 0 fully saturated rings. The summed E-state index contributed by atoms with van der Waals surface area (Å²) < 4.78 is 7.28. The molecule has 0 saturated heterocycles. The third kappa shape index (κ3) is 3.42. The molecule has 0 aliphatic rings. The molecule has 90 valence electrons.